The fraction of sp³-hybridized carbons (Fsp3) is 0.500. The van der Waals surface area contributed by atoms with Crippen molar-refractivity contribution in [1.29, 1.82) is 0 Å². The zero-order valence-electron chi connectivity index (χ0n) is 10.0. The Labute approximate surface area is 102 Å². The molecular weight excluding hydrogens is 224 g/mol. The van der Waals surface area contributed by atoms with Crippen molar-refractivity contribution >= 4 is 17.3 Å². The summed E-state index contributed by atoms with van der Waals surface area (Å²) < 4.78 is 5.14. The fourth-order valence-corrected chi connectivity index (χ4v) is 1.92. The highest BCUT2D eigenvalue weighted by molar-refractivity contribution is 6.31. The number of nitrogens with two attached hydrogens (primary N) is 1. The summed E-state index contributed by atoms with van der Waals surface area (Å²) in [4.78, 5) is 2.14. The van der Waals surface area contributed by atoms with Crippen LogP contribution in [0.4, 0.5) is 5.69 Å². The normalized spacial score (nSPS) is 12.6. The number of hydrogen-bond donors (Lipinski definition) is 1. The second-order valence-corrected chi connectivity index (χ2v) is 4.26. The first kappa shape index (κ1) is 13.3. The molecule has 1 unspecified atom stereocenters. The van der Waals surface area contributed by atoms with Gasteiger partial charge in [0.25, 0.3) is 0 Å². The number of halogens is 1. The van der Waals surface area contributed by atoms with Crippen LogP contribution >= 0.6 is 11.6 Å². The molecule has 0 fully saturated rings. The van der Waals surface area contributed by atoms with Gasteiger partial charge in [0.2, 0.25) is 0 Å². The van der Waals surface area contributed by atoms with Gasteiger partial charge in [0.1, 0.15) is 0 Å². The third-order valence-electron chi connectivity index (χ3n) is 2.75. The topological polar surface area (TPSA) is 38.5 Å². The van der Waals surface area contributed by atoms with E-state index >= 15 is 0 Å². The average molecular weight is 243 g/mol. The van der Waals surface area contributed by atoms with Gasteiger partial charge in [-0.1, -0.05) is 17.7 Å². The minimum Gasteiger partial charge on any atom is -0.383 e. The van der Waals surface area contributed by atoms with Crippen LogP contribution in [-0.4, -0.2) is 26.8 Å². The number of hydrogen-bond acceptors (Lipinski definition) is 3. The lowest BCUT2D eigenvalue weighted by Gasteiger charge is -2.28. The summed E-state index contributed by atoms with van der Waals surface area (Å²) in [6.45, 7) is 3.22. The highest BCUT2D eigenvalue weighted by Crippen LogP contribution is 2.27. The lowest BCUT2D eigenvalue weighted by Crippen LogP contribution is -2.33. The van der Waals surface area contributed by atoms with Crippen molar-refractivity contribution in [2.75, 3.05) is 25.7 Å². The highest BCUT2D eigenvalue weighted by atomic mass is 35.5. The molecule has 90 valence electrons. The summed E-state index contributed by atoms with van der Waals surface area (Å²) in [6.07, 6.45) is 0. The van der Waals surface area contributed by atoms with E-state index in [0.29, 0.717) is 13.2 Å². The van der Waals surface area contributed by atoms with Gasteiger partial charge in [-0.15, -0.1) is 0 Å². The Morgan fingerprint density at radius 1 is 1.50 bits per heavy atom. The molecule has 0 heterocycles. The molecule has 0 saturated carbocycles. The van der Waals surface area contributed by atoms with E-state index in [4.69, 9.17) is 22.1 Å². The molecule has 1 atom stereocenters. The van der Waals surface area contributed by atoms with Gasteiger partial charge in [0.15, 0.2) is 0 Å². The summed E-state index contributed by atoms with van der Waals surface area (Å²) in [5, 5.41) is 0.719. The molecule has 0 spiro atoms. The van der Waals surface area contributed by atoms with Crippen LogP contribution in [0, 0.1) is 0 Å². The summed E-state index contributed by atoms with van der Waals surface area (Å²) in [6, 6.07) is 6.11. The number of ether oxygens (including phenoxy) is 1. The standard InChI is InChI=1S/C12H19ClN2O/c1-9(8-16-3)15(2)12-6-4-5-11(13)10(12)7-14/h4-6,9H,7-8,14H2,1-3H3. The summed E-state index contributed by atoms with van der Waals surface area (Å²) in [5.74, 6) is 0. The summed E-state index contributed by atoms with van der Waals surface area (Å²) >= 11 is 6.12. The van der Waals surface area contributed by atoms with Gasteiger partial charge in [-0.05, 0) is 19.1 Å². The van der Waals surface area contributed by atoms with Crippen LogP contribution in [0.1, 0.15) is 12.5 Å². The predicted octanol–water partition coefficient (Wildman–Crippen LogP) is 2.27. The third kappa shape index (κ3) is 2.88. The molecule has 16 heavy (non-hydrogen) atoms. The number of rotatable bonds is 5. The second-order valence-electron chi connectivity index (χ2n) is 3.86. The molecule has 0 radical (unpaired) electrons. The smallest absolute Gasteiger partial charge is 0.0663 e. The third-order valence-corrected chi connectivity index (χ3v) is 3.10. The Kier molecular flexibility index (Phi) is 5.06. The first-order chi connectivity index (χ1) is 7.61. The maximum absolute atomic E-state index is 6.12. The molecule has 1 rings (SSSR count). The first-order valence-corrected chi connectivity index (χ1v) is 5.68. The molecule has 0 aromatic heterocycles. The maximum atomic E-state index is 6.12. The number of benzene rings is 1. The molecule has 1 aromatic rings. The number of anilines is 1. The van der Waals surface area contributed by atoms with Crippen LogP contribution in [0.15, 0.2) is 18.2 Å². The number of likely N-dealkylation sites (N-methyl/N-ethyl adjacent to an activating group) is 1. The molecule has 0 saturated heterocycles. The highest BCUT2D eigenvalue weighted by Gasteiger charge is 2.14. The minimum absolute atomic E-state index is 0.286. The monoisotopic (exact) mass is 242 g/mol. The molecule has 4 heteroatoms. The van der Waals surface area contributed by atoms with Crippen LogP contribution in [0.25, 0.3) is 0 Å². The molecule has 0 aliphatic carbocycles. The minimum atomic E-state index is 0.286. The Hall–Kier alpha value is -0.770. The van der Waals surface area contributed by atoms with Crippen LogP contribution in [0.5, 0.6) is 0 Å². The van der Waals surface area contributed by atoms with E-state index in [1.165, 1.54) is 0 Å². The van der Waals surface area contributed by atoms with Crippen molar-refractivity contribution in [2.24, 2.45) is 5.73 Å². The fourth-order valence-electron chi connectivity index (χ4n) is 1.67. The van der Waals surface area contributed by atoms with Crippen LogP contribution in [0.3, 0.4) is 0 Å². The lowest BCUT2D eigenvalue weighted by atomic mass is 10.1. The quantitative estimate of drug-likeness (QED) is 0.861. The Morgan fingerprint density at radius 2 is 2.19 bits per heavy atom. The van der Waals surface area contributed by atoms with Gasteiger partial charge >= 0.3 is 0 Å². The molecule has 0 bridgehead atoms. The SMILES string of the molecule is COCC(C)N(C)c1cccc(Cl)c1CN. The van der Waals surface area contributed by atoms with E-state index in [-0.39, 0.29) is 6.04 Å². The summed E-state index contributed by atoms with van der Waals surface area (Å²) in [5.41, 5.74) is 7.77. The van der Waals surface area contributed by atoms with Gasteiger partial charge in [-0.3, -0.25) is 0 Å². The van der Waals surface area contributed by atoms with Gasteiger partial charge in [0.05, 0.1) is 6.61 Å². The van der Waals surface area contributed by atoms with Crippen molar-refractivity contribution in [3.8, 4) is 0 Å². The average Bonchev–Trinajstić information content (AvgIpc) is 2.28. The zero-order chi connectivity index (χ0) is 12.1. The second kappa shape index (κ2) is 6.09. The first-order valence-electron chi connectivity index (χ1n) is 5.31. The summed E-state index contributed by atoms with van der Waals surface area (Å²) in [7, 11) is 3.72. The molecule has 2 N–H and O–H groups in total. The Bertz CT molecular complexity index is 344. The Balaban J connectivity index is 2.98. The molecule has 0 amide bonds. The van der Waals surface area contributed by atoms with Crippen molar-refractivity contribution < 1.29 is 4.74 Å². The maximum Gasteiger partial charge on any atom is 0.0663 e. The number of methoxy groups -OCH3 is 1. The van der Waals surface area contributed by atoms with E-state index in [2.05, 4.69) is 11.8 Å². The van der Waals surface area contributed by atoms with E-state index in [0.717, 1.165) is 16.3 Å². The molecule has 0 aliphatic rings. The molecule has 0 aliphatic heterocycles. The van der Waals surface area contributed by atoms with Crippen LogP contribution in [-0.2, 0) is 11.3 Å². The van der Waals surface area contributed by atoms with E-state index in [1.807, 2.05) is 25.2 Å². The van der Waals surface area contributed by atoms with Gasteiger partial charge < -0.3 is 15.4 Å². The van der Waals surface area contributed by atoms with Gasteiger partial charge in [-0.25, -0.2) is 0 Å². The van der Waals surface area contributed by atoms with Crippen LogP contribution < -0.4 is 10.6 Å². The lowest BCUT2D eigenvalue weighted by molar-refractivity contribution is 0.183. The van der Waals surface area contributed by atoms with Gasteiger partial charge in [0, 0.05) is 43.0 Å². The number of nitrogens with zero attached hydrogens (tertiary/aromatic N) is 1. The largest absolute Gasteiger partial charge is 0.383 e. The van der Waals surface area contributed by atoms with Gasteiger partial charge in [-0.2, -0.15) is 0 Å². The van der Waals surface area contributed by atoms with Crippen molar-refractivity contribution in [2.45, 2.75) is 19.5 Å². The van der Waals surface area contributed by atoms with Crippen molar-refractivity contribution in [1.82, 2.24) is 0 Å². The molecule has 3 nitrogen and oxygen atoms in total. The van der Waals surface area contributed by atoms with E-state index in [1.54, 1.807) is 7.11 Å². The van der Waals surface area contributed by atoms with E-state index < -0.39 is 0 Å². The van der Waals surface area contributed by atoms with Crippen LogP contribution in [0.2, 0.25) is 5.02 Å². The zero-order valence-corrected chi connectivity index (χ0v) is 10.8. The Morgan fingerprint density at radius 3 is 2.75 bits per heavy atom. The van der Waals surface area contributed by atoms with Crippen molar-refractivity contribution in [3.05, 3.63) is 28.8 Å². The predicted molar refractivity (Wildman–Crippen MR) is 69.1 cm³/mol. The van der Waals surface area contributed by atoms with Crippen molar-refractivity contribution in [3.63, 3.8) is 0 Å². The molecule has 1 aromatic carbocycles. The molecular formula is C12H19ClN2O. The van der Waals surface area contributed by atoms with E-state index in [9.17, 15) is 0 Å².